The summed E-state index contributed by atoms with van der Waals surface area (Å²) in [7, 11) is 0. The summed E-state index contributed by atoms with van der Waals surface area (Å²) < 4.78 is 0.881. The first-order valence-electron chi connectivity index (χ1n) is 5.16. The summed E-state index contributed by atoms with van der Waals surface area (Å²) in [6.07, 6.45) is 0. The molecule has 0 unspecified atom stereocenters. The van der Waals surface area contributed by atoms with Crippen LogP contribution in [0.1, 0.15) is 16.1 Å². The minimum absolute atomic E-state index is 0.392. The fourth-order valence-corrected chi connectivity index (χ4v) is 1.55. The molecule has 6 heteroatoms. The van der Waals surface area contributed by atoms with E-state index in [-0.39, 0.29) is 0 Å². The lowest BCUT2D eigenvalue weighted by atomic mass is 10.2. The first-order chi connectivity index (χ1) is 8.49. The van der Waals surface area contributed by atoms with Gasteiger partial charge in [0.25, 0.3) is 5.56 Å². The topological polar surface area (TPSA) is 92.2 Å². The van der Waals surface area contributed by atoms with Crippen molar-refractivity contribution in [2.24, 2.45) is 0 Å². The van der Waals surface area contributed by atoms with Gasteiger partial charge in [-0.3, -0.25) is 4.79 Å². The van der Waals surface area contributed by atoms with Crippen molar-refractivity contribution in [3.8, 4) is 5.69 Å². The predicted molar refractivity (Wildman–Crippen MR) is 64.4 cm³/mol. The molecule has 0 aliphatic heterocycles. The van der Waals surface area contributed by atoms with E-state index in [1.54, 1.807) is 24.3 Å². The number of hydrogen-bond donors (Lipinski definition) is 2. The highest BCUT2D eigenvalue weighted by Crippen LogP contribution is 2.04. The number of hydrogen-bond acceptors (Lipinski definition) is 3. The quantitative estimate of drug-likeness (QED) is 0.808. The zero-order valence-electron chi connectivity index (χ0n) is 9.51. The third-order valence-corrected chi connectivity index (χ3v) is 2.46. The lowest BCUT2D eigenvalue weighted by molar-refractivity contribution is 0.0689. The van der Waals surface area contributed by atoms with Gasteiger partial charge in [0.1, 0.15) is 5.69 Å². The van der Waals surface area contributed by atoms with E-state index in [4.69, 9.17) is 5.11 Å². The maximum Gasteiger partial charge on any atom is 0.352 e. The molecule has 0 saturated heterocycles. The summed E-state index contributed by atoms with van der Waals surface area (Å²) in [6, 6.07) is 7.63. The maximum absolute atomic E-state index is 11.7. The number of nitrogens with one attached hydrogen (secondary N) is 1. The minimum atomic E-state index is -1.35. The Morgan fingerprint density at radius 2 is 1.83 bits per heavy atom. The molecular formula is C12H10N2O4. The maximum atomic E-state index is 11.7. The number of aryl methyl sites for hydroxylation is 1. The highest BCUT2D eigenvalue weighted by molar-refractivity contribution is 5.84. The molecular weight excluding hydrogens is 236 g/mol. The molecule has 0 aliphatic rings. The van der Waals surface area contributed by atoms with Crippen LogP contribution in [0.3, 0.4) is 0 Å². The smallest absolute Gasteiger partial charge is 0.352 e. The Morgan fingerprint density at radius 3 is 2.33 bits per heavy atom. The average Bonchev–Trinajstić information content (AvgIpc) is 2.30. The lowest BCUT2D eigenvalue weighted by Gasteiger charge is -2.05. The van der Waals surface area contributed by atoms with Crippen LogP contribution in [-0.4, -0.2) is 20.6 Å². The van der Waals surface area contributed by atoms with E-state index in [0.29, 0.717) is 5.69 Å². The fourth-order valence-electron chi connectivity index (χ4n) is 1.55. The number of aromatic nitrogens is 2. The molecule has 6 nitrogen and oxygen atoms in total. The Morgan fingerprint density at radius 1 is 1.22 bits per heavy atom. The molecule has 1 heterocycles. The van der Waals surface area contributed by atoms with Gasteiger partial charge in [0.15, 0.2) is 0 Å². The summed E-state index contributed by atoms with van der Waals surface area (Å²) in [4.78, 5) is 36.2. The van der Waals surface area contributed by atoms with Gasteiger partial charge in [0.2, 0.25) is 0 Å². The second-order valence-electron chi connectivity index (χ2n) is 3.80. The van der Waals surface area contributed by atoms with Crippen molar-refractivity contribution in [2.75, 3.05) is 0 Å². The van der Waals surface area contributed by atoms with E-state index in [0.717, 1.165) is 16.2 Å². The molecule has 2 aromatic rings. The van der Waals surface area contributed by atoms with Crippen molar-refractivity contribution in [1.29, 1.82) is 0 Å². The van der Waals surface area contributed by atoms with E-state index < -0.39 is 22.9 Å². The zero-order valence-corrected chi connectivity index (χ0v) is 9.51. The minimum Gasteiger partial charge on any atom is -0.477 e. The fraction of sp³-hybridized carbons (Fsp3) is 0.0833. The van der Waals surface area contributed by atoms with E-state index in [1.165, 1.54) is 0 Å². The molecule has 0 spiro atoms. The molecule has 0 atom stereocenters. The summed E-state index contributed by atoms with van der Waals surface area (Å²) in [5.41, 5.74) is -0.494. The third-order valence-electron chi connectivity index (χ3n) is 2.46. The van der Waals surface area contributed by atoms with Crippen molar-refractivity contribution >= 4 is 5.97 Å². The first kappa shape index (κ1) is 11.8. The van der Waals surface area contributed by atoms with Gasteiger partial charge >= 0.3 is 11.7 Å². The van der Waals surface area contributed by atoms with Gasteiger partial charge in [-0.2, -0.15) is 0 Å². The molecule has 0 aliphatic carbocycles. The molecule has 1 aromatic heterocycles. The molecule has 1 aromatic carbocycles. The molecule has 0 saturated carbocycles. The SMILES string of the molecule is Cc1ccc(-n2c(=O)cc(C(=O)O)[nH]c2=O)cc1. The van der Waals surface area contributed by atoms with Gasteiger partial charge in [-0.05, 0) is 19.1 Å². The van der Waals surface area contributed by atoms with E-state index in [2.05, 4.69) is 4.98 Å². The number of benzene rings is 1. The van der Waals surface area contributed by atoms with Crippen LogP contribution in [0.15, 0.2) is 39.9 Å². The van der Waals surface area contributed by atoms with Crippen LogP contribution in [0.5, 0.6) is 0 Å². The van der Waals surface area contributed by atoms with Gasteiger partial charge in [0, 0.05) is 6.07 Å². The van der Waals surface area contributed by atoms with Crippen molar-refractivity contribution in [3.63, 3.8) is 0 Å². The van der Waals surface area contributed by atoms with Crippen LogP contribution in [-0.2, 0) is 0 Å². The second kappa shape index (κ2) is 4.33. The number of carbonyl (C=O) groups is 1. The monoisotopic (exact) mass is 246 g/mol. The van der Waals surface area contributed by atoms with Gasteiger partial charge in [-0.1, -0.05) is 17.7 Å². The molecule has 2 N–H and O–H groups in total. The number of carboxylic acids is 1. The van der Waals surface area contributed by atoms with E-state index in [1.807, 2.05) is 6.92 Å². The lowest BCUT2D eigenvalue weighted by Crippen LogP contribution is -2.34. The molecule has 0 bridgehead atoms. The Balaban J connectivity index is 2.66. The van der Waals surface area contributed by atoms with Crippen molar-refractivity contribution in [1.82, 2.24) is 9.55 Å². The predicted octanol–water partition coefficient (Wildman–Crippen LogP) is 0.532. The number of nitrogens with zero attached hydrogens (tertiary/aromatic N) is 1. The van der Waals surface area contributed by atoms with Crippen LogP contribution >= 0.6 is 0 Å². The summed E-state index contributed by atoms with van der Waals surface area (Å²) >= 11 is 0. The number of aromatic carboxylic acids is 1. The third kappa shape index (κ3) is 2.08. The summed E-state index contributed by atoms with van der Waals surface area (Å²) in [5.74, 6) is -1.35. The van der Waals surface area contributed by atoms with Gasteiger partial charge < -0.3 is 10.1 Å². The highest BCUT2D eigenvalue weighted by Gasteiger charge is 2.10. The largest absolute Gasteiger partial charge is 0.477 e. The Labute approximate surface area is 101 Å². The van der Waals surface area contributed by atoms with Gasteiger partial charge in [-0.15, -0.1) is 0 Å². The number of aromatic amines is 1. The van der Waals surface area contributed by atoms with Crippen molar-refractivity contribution < 1.29 is 9.90 Å². The van der Waals surface area contributed by atoms with Crippen LogP contribution in [0.2, 0.25) is 0 Å². The molecule has 92 valence electrons. The van der Waals surface area contributed by atoms with Gasteiger partial charge in [0.05, 0.1) is 5.69 Å². The Hall–Kier alpha value is -2.63. The van der Waals surface area contributed by atoms with Crippen molar-refractivity contribution in [2.45, 2.75) is 6.92 Å². The van der Waals surface area contributed by atoms with Gasteiger partial charge in [-0.25, -0.2) is 14.2 Å². The molecule has 18 heavy (non-hydrogen) atoms. The number of H-pyrrole nitrogens is 1. The standard InChI is InChI=1S/C12H10N2O4/c1-7-2-4-8(5-3-7)14-10(15)6-9(11(16)17)13-12(14)18/h2-6H,1H3,(H,13,18)(H,16,17). The molecule has 0 radical (unpaired) electrons. The molecule has 0 fully saturated rings. The summed E-state index contributed by atoms with van der Waals surface area (Å²) in [5, 5.41) is 8.71. The summed E-state index contributed by atoms with van der Waals surface area (Å²) in [6.45, 7) is 1.88. The number of rotatable bonds is 2. The Kier molecular flexibility index (Phi) is 2.85. The van der Waals surface area contributed by atoms with E-state index >= 15 is 0 Å². The molecule has 2 rings (SSSR count). The van der Waals surface area contributed by atoms with Crippen LogP contribution in [0, 0.1) is 6.92 Å². The van der Waals surface area contributed by atoms with Crippen molar-refractivity contribution in [3.05, 3.63) is 62.4 Å². The molecule has 0 amide bonds. The van der Waals surface area contributed by atoms with Crippen LogP contribution in [0.25, 0.3) is 5.69 Å². The number of carboxylic acid groups (broad SMARTS) is 1. The average molecular weight is 246 g/mol. The zero-order chi connectivity index (χ0) is 13.3. The first-order valence-corrected chi connectivity index (χ1v) is 5.16. The normalized spacial score (nSPS) is 10.3. The second-order valence-corrected chi connectivity index (χ2v) is 3.80. The van der Waals surface area contributed by atoms with Crippen LogP contribution in [0.4, 0.5) is 0 Å². The van der Waals surface area contributed by atoms with E-state index in [9.17, 15) is 14.4 Å². The highest BCUT2D eigenvalue weighted by atomic mass is 16.4. The Bertz CT molecular complexity index is 679. The van der Waals surface area contributed by atoms with Crippen LogP contribution < -0.4 is 11.2 Å².